The molecule has 27 heavy (non-hydrogen) atoms. The summed E-state index contributed by atoms with van der Waals surface area (Å²) in [6.07, 6.45) is 0.845. The van der Waals surface area contributed by atoms with Gasteiger partial charge < -0.3 is 15.4 Å². The summed E-state index contributed by atoms with van der Waals surface area (Å²) in [5.41, 5.74) is 2.80. The van der Waals surface area contributed by atoms with Crippen LogP contribution in [0.15, 0.2) is 48.7 Å². The summed E-state index contributed by atoms with van der Waals surface area (Å²) in [5.74, 6) is -0.870. The molecule has 3 N–H and O–H groups in total. The minimum Gasteiger partial charge on any atom is -0.444 e. The van der Waals surface area contributed by atoms with Gasteiger partial charge >= 0.3 is 6.09 Å². The number of carbonyl (C=O) groups excluding carboxylic acids is 3. The van der Waals surface area contributed by atoms with Crippen LogP contribution in [0.5, 0.6) is 0 Å². The molecule has 1 unspecified atom stereocenters. The van der Waals surface area contributed by atoms with Crippen LogP contribution in [0.3, 0.4) is 0 Å². The molecule has 0 radical (unpaired) electrons. The van der Waals surface area contributed by atoms with Crippen LogP contribution in [-0.4, -0.2) is 34.2 Å². The first-order chi connectivity index (χ1) is 12.7. The number of anilines is 1. The zero-order valence-electron chi connectivity index (χ0n) is 15.8. The lowest BCUT2D eigenvalue weighted by atomic mass is 10.2. The second-order valence-electron chi connectivity index (χ2n) is 6.93. The fourth-order valence-corrected chi connectivity index (χ4v) is 2.15. The Morgan fingerprint density at radius 1 is 1.04 bits per heavy atom. The number of hydrogen-bond donors (Lipinski definition) is 3. The second-order valence-corrected chi connectivity index (χ2v) is 6.93. The smallest absolute Gasteiger partial charge is 0.408 e. The van der Waals surface area contributed by atoms with E-state index in [1.165, 1.54) is 17.8 Å². The van der Waals surface area contributed by atoms with Crippen molar-refractivity contribution in [3.8, 4) is 0 Å². The third-order valence-electron chi connectivity index (χ3n) is 3.37. The van der Waals surface area contributed by atoms with Crippen molar-refractivity contribution in [2.45, 2.75) is 39.3 Å². The van der Waals surface area contributed by atoms with Gasteiger partial charge in [-0.2, -0.15) is 0 Å². The number of carbonyl (C=O) groups is 3. The summed E-state index contributed by atoms with van der Waals surface area (Å²) in [5, 5.41) is 5.19. The predicted molar refractivity (Wildman–Crippen MR) is 102 cm³/mol. The first-order valence-corrected chi connectivity index (χ1v) is 8.50. The lowest BCUT2D eigenvalue weighted by Gasteiger charge is -2.22. The van der Waals surface area contributed by atoms with Crippen molar-refractivity contribution in [1.29, 1.82) is 0 Å². The first-order valence-electron chi connectivity index (χ1n) is 8.50. The van der Waals surface area contributed by atoms with Crippen molar-refractivity contribution < 1.29 is 19.1 Å². The van der Waals surface area contributed by atoms with Gasteiger partial charge in [-0.3, -0.25) is 19.7 Å². The molecule has 2 rings (SSSR count). The van der Waals surface area contributed by atoms with Crippen molar-refractivity contribution in [1.82, 2.24) is 9.99 Å². The summed E-state index contributed by atoms with van der Waals surface area (Å²) in [6, 6.07) is 11.3. The highest BCUT2D eigenvalue weighted by molar-refractivity contribution is 6.04. The summed E-state index contributed by atoms with van der Waals surface area (Å²) in [6.45, 7) is 6.71. The number of rotatable bonds is 5. The van der Waals surface area contributed by atoms with Crippen LogP contribution < -0.4 is 16.1 Å². The molecular formula is C19H24N4O4. The highest BCUT2D eigenvalue weighted by atomic mass is 16.6. The van der Waals surface area contributed by atoms with Gasteiger partial charge in [-0.1, -0.05) is 18.2 Å². The molecule has 8 nitrogen and oxygen atoms in total. The highest BCUT2D eigenvalue weighted by Gasteiger charge is 2.22. The molecule has 2 aromatic rings. The SMILES string of the molecule is CC(NC(=O)OC(C)(C)C)C(=O)Nn1cccc1C(=O)Nc1ccccc1. The zero-order valence-corrected chi connectivity index (χ0v) is 15.8. The average Bonchev–Trinajstić information content (AvgIpc) is 3.02. The van der Waals surface area contributed by atoms with Crippen molar-refractivity contribution in [2.75, 3.05) is 10.7 Å². The molecule has 1 heterocycles. The Bertz CT molecular complexity index is 809. The normalized spacial score (nSPS) is 12.0. The number of alkyl carbamates (subject to hydrolysis) is 1. The zero-order chi connectivity index (χ0) is 20.0. The third kappa shape index (κ3) is 6.18. The fourth-order valence-electron chi connectivity index (χ4n) is 2.15. The topological polar surface area (TPSA) is 101 Å². The van der Waals surface area contributed by atoms with Gasteiger partial charge in [0.1, 0.15) is 17.3 Å². The number of nitrogens with one attached hydrogen (secondary N) is 3. The van der Waals surface area contributed by atoms with Gasteiger partial charge in [0.05, 0.1) is 0 Å². The van der Waals surface area contributed by atoms with Crippen LogP contribution >= 0.6 is 0 Å². The van der Waals surface area contributed by atoms with Gasteiger partial charge in [-0.25, -0.2) is 4.79 Å². The largest absolute Gasteiger partial charge is 0.444 e. The molecule has 0 aliphatic heterocycles. The Kier molecular flexibility index (Phi) is 6.23. The molecule has 0 spiro atoms. The van der Waals surface area contributed by atoms with Gasteiger partial charge in [0.2, 0.25) is 0 Å². The number of amides is 3. The number of ether oxygens (including phenoxy) is 1. The molecule has 3 amide bonds. The van der Waals surface area contributed by atoms with E-state index >= 15 is 0 Å². The lowest BCUT2D eigenvalue weighted by molar-refractivity contribution is -0.118. The molecule has 0 aliphatic rings. The molecule has 1 aromatic heterocycles. The first kappa shape index (κ1) is 20.0. The maximum Gasteiger partial charge on any atom is 0.408 e. The molecular weight excluding hydrogens is 348 g/mol. The molecule has 1 atom stereocenters. The van der Waals surface area contributed by atoms with E-state index in [0.29, 0.717) is 5.69 Å². The van der Waals surface area contributed by atoms with E-state index in [9.17, 15) is 14.4 Å². The van der Waals surface area contributed by atoms with E-state index in [0.717, 1.165) is 0 Å². The number of hydrogen-bond acceptors (Lipinski definition) is 4. The number of benzene rings is 1. The molecule has 1 aromatic carbocycles. The van der Waals surface area contributed by atoms with E-state index in [1.54, 1.807) is 57.2 Å². The van der Waals surface area contributed by atoms with E-state index in [1.807, 2.05) is 6.07 Å². The van der Waals surface area contributed by atoms with Crippen molar-refractivity contribution >= 4 is 23.6 Å². The Labute approximate surface area is 157 Å². The molecule has 8 heteroatoms. The summed E-state index contributed by atoms with van der Waals surface area (Å²) in [4.78, 5) is 36.5. The van der Waals surface area contributed by atoms with Crippen LogP contribution in [0.1, 0.15) is 38.2 Å². The van der Waals surface area contributed by atoms with Gasteiger partial charge in [0.25, 0.3) is 11.8 Å². The van der Waals surface area contributed by atoms with Crippen LogP contribution in [0.4, 0.5) is 10.5 Å². The minimum absolute atomic E-state index is 0.247. The Hall–Kier alpha value is -3.29. The number of aromatic nitrogens is 1. The minimum atomic E-state index is -0.854. The van der Waals surface area contributed by atoms with Crippen molar-refractivity contribution in [3.63, 3.8) is 0 Å². The average molecular weight is 372 g/mol. The maximum atomic E-state index is 12.4. The van der Waals surface area contributed by atoms with Gasteiger partial charge in [0, 0.05) is 11.9 Å². The monoisotopic (exact) mass is 372 g/mol. The summed E-state index contributed by atoms with van der Waals surface area (Å²) in [7, 11) is 0. The maximum absolute atomic E-state index is 12.4. The molecule has 0 aliphatic carbocycles. The molecule has 0 saturated carbocycles. The lowest BCUT2D eigenvalue weighted by Crippen LogP contribution is -2.46. The van der Waals surface area contributed by atoms with E-state index in [-0.39, 0.29) is 11.6 Å². The van der Waals surface area contributed by atoms with E-state index < -0.39 is 23.6 Å². The number of nitrogens with zero attached hydrogens (tertiary/aromatic N) is 1. The van der Waals surface area contributed by atoms with Crippen LogP contribution in [0.25, 0.3) is 0 Å². The quantitative estimate of drug-likeness (QED) is 0.751. The van der Waals surface area contributed by atoms with E-state index in [2.05, 4.69) is 16.1 Å². The van der Waals surface area contributed by atoms with Crippen molar-refractivity contribution in [3.05, 3.63) is 54.4 Å². The van der Waals surface area contributed by atoms with Crippen LogP contribution in [-0.2, 0) is 9.53 Å². The van der Waals surface area contributed by atoms with E-state index in [4.69, 9.17) is 4.74 Å². The van der Waals surface area contributed by atoms with Gasteiger partial charge in [0.15, 0.2) is 0 Å². The Morgan fingerprint density at radius 3 is 2.33 bits per heavy atom. The van der Waals surface area contributed by atoms with Crippen molar-refractivity contribution in [2.24, 2.45) is 0 Å². The third-order valence-corrected chi connectivity index (χ3v) is 3.37. The molecule has 0 bridgehead atoms. The highest BCUT2D eigenvalue weighted by Crippen LogP contribution is 2.09. The molecule has 144 valence electrons. The van der Waals surface area contributed by atoms with Gasteiger partial charge in [-0.05, 0) is 52.0 Å². The predicted octanol–water partition coefficient (Wildman–Crippen LogP) is 2.72. The number of para-hydroxylation sites is 1. The second kappa shape index (κ2) is 8.39. The molecule has 0 saturated heterocycles. The molecule has 0 fully saturated rings. The standard InChI is InChI=1S/C19H24N4O4/c1-13(20-18(26)27-19(2,3)4)16(24)22-23-12-8-11-15(23)17(25)21-14-9-6-5-7-10-14/h5-13H,1-4H3,(H,20,26)(H,21,25)(H,22,24). The van der Waals surface area contributed by atoms with Crippen LogP contribution in [0, 0.1) is 0 Å². The fraction of sp³-hybridized carbons (Fsp3) is 0.316. The summed E-state index contributed by atoms with van der Waals surface area (Å²) >= 11 is 0. The summed E-state index contributed by atoms with van der Waals surface area (Å²) < 4.78 is 6.42. The van der Waals surface area contributed by atoms with Gasteiger partial charge in [-0.15, -0.1) is 0 Å². The Morgan fingerprint density at radius 2 is 1.70 bits per heavy atom. The Balaban J connectivity index is 1.97. The van der Waals surface area contributed by atoms with Crippen LogP contribution in [0.2, 0.25) is 0 Å².